The zero-order valence-electron chi connectivity index (χ0n) is 48.2. The predicted octanol–water partition coefficient (Wildman–Crippen LogP) is 15.6. The standard InChI is InChI=1S/C65H92N4O4/c1-60(2,3)46-32-44(58(72)50(34-46)64(13,14)15)38-68-54-25-21-19-23-52(54)66-36-40-27-42(56(70)48(29-40)62(7,8)9)31-43-28-41(30-49(57(43)71)63(10,11)12)37-67-53-24-20-22-26-55(53)69-39-45-33-47(61(4,5)6)35-51(59(45)73)65(16,17)18/h27-30,32-39,52-55,70-73H,19-26,31H2,1-18H3/t52-,53-,54-,55-/m0/s1. The summed E-state index contributed by atoms with van der Waals surface area (Å²) < 4.78 is 0. The highest BCUT2D eigenvalue weighted by Crippen LogP contribution is 2.42. The number of nitrogens with zero attached hydrogens (tertiary/aromatic N) is 4. The number of hydrogen-bond acceptors (Lipinski definition) is 8. The Morgan fingerprint density at radius 2 is 0.630 bits per heavy atom. The fraction of sp³-hybridized carbons (Fsp3) is 0.569. The second-order valence-electron chi connectivity index (χ2n) is 27.7. The molecule has 4 atom stereocenters. The van der Waals surface area contributed by atoms with Crippen molar-refractivity contribution in [2.24, 2.45) is 20.0 Å². The lowest BCUT2D eigenvalue weighted by Gasteiger charge is -2.28. The van der Waals surface area contributed by atoms with Gasteiger partial charge < -0.3 is 20.4 Å². The highest BCUT2D eigenvalue weighted by atomic mass is 16.3. The number of aliphatic imine (C=N–C) groups is 4. The van der Waals surface area contributed by atoms with E-state index in [1.54, 1.807) is 0 Å². The Balaban J connectivity index is 1.32. The second kappa shape index (κ2) is 21.5. The molecule has 2 fully saturated rings. The molecule has 0 heterocycles. The molecule has 396 valence electrons. The molecule has 0 unspecified atom stereocenters. The molecule has 0 radical (unpaired) electrons. The highest BCUT2D eigenvalue weighted by molar-refractivity contribution is 5.87. The molecule has 4 aromatic carbocycles. The summed E-state index contributed by atoms with van der Waals surface area (Å²) in [5, 5.41) is 47.1. The van der Waals surface area contributed by atoms with E-state index in [1.165, 1.54) is 11.1 Å². The molecule has 2 saturated carbocycles. The summed E-state index contributed by atoms with van der Waals surface area (Å²) in [6, 6.07) is 16.4. The first kappa shape index (κ1) is 57.0. The molecule has 6 rings (SSSR count). The van der Waals surface area contributed by atoms with Crippen molar-refractivity contribution < 1.29 is 20.4 Å². The number of aromatic hydroxyl groups is 4. The molecule has 0 aromatic heterocycles. The number of rotatable bonds is 10. The minimum Gasteiger partial charge on any atom is -0.507 e. The topological polar surface area (TPSA) is 130 Å². The zero-order chi connectivity index (χ0) is 54.2. The third-order valence-electron chi connectivity index (χ3n) is 15.1. The first-order valence-corrected chi connectivity index (χ1v) is 27.2. The van der Waals surface area contributed by atoms with E-state index in [0.717, 1.165) is 107 Å². The molecule has 0 saturated heterocycles. The van der Waals surface area contributed by atoms with Gasteiger partial charge in [-0.05, 0) is 128 Å². The van der Waals surface area contributed by atoms with Crippen molar-refractivity contribution in [1.29, 1.82) is 0 Å². The first-order valence-electron chi connectivity index (χ1n) is 27.2. The summed E-state index contributed by atoms with van der Waals surface area (Å²) in [5.74, 6) is 1.03. The summed E-state index contributed by atoms with van der Waals surface area (Å²) >= 11 is 0. The van der Waals surface area contributed by atoms with E-state index in [1.807, 2.05) is 49.1 Å². The third kappa shape index (κ3) is 14.1. The zero-order valence-corrected chi connectivity index (χ0v) is 48.2. The molecular formula is C65H92N4O4. The largest absolute Gasteiger partial charge is 0.507 e. The van der Waals surface area contributed by atoms with Crippen molar-refractivity contribution in [3.8, 4) is 23.0 Å². The number of hydrogen-bond donors (Lipinski definition) is 4. The molecule has 0 bridgehead atoms. The average Bonchev–Trinajstić information content (AvgIpc) is 3.26. The molecule has 4 aromatic rings. The maximum atomic E-state index is 12.0. The molecule has 73 heavy (non-hydrogen) atoms. The second-order valence-corrected chi connectivity index (χ2v) is 27.7. The molecular weight excluding hydrogens is 901 g/mol. The van der Waals surface area contributed by atoms with E-state index < -0.39 is 0 Å². The smallest absolute Gasteiger partial charge is 0.128 e. The Morgan fingerprint density at radius 1 is 0.356 bits per heavy atom. The molecule has 0 spiro atoms. The lowest BCUT2D eigenvalue weighted by atomic mass is 9.79. The molecule has 2 aliphatic rings. The van der Waals surface area contributed by atoms with Crippen molar-refractivity contribution in [3.05, 3.63) is 115 Å². The summed E-state index contributed by atoms with van der Waals surface area (Å²) in [7, 11) is 0. The fourth-order valence-electron chi connectivity index (χ4n) is 10.3. The van der Waals surface area contributed by atoms with E-state index in [9.17, 15) is 20.4 Å². The number of phenolic OH excluding ortho intramolecular Hbond substituents is 4. The van der Waals surface area contributed by atoms with Crippen LogP contribution >= 0.6 is 0 Å². The van der Waals surface area contributed by atoms with Gasteiger partial charge in [0.15, 0.2) is 0 Å². The Hall–Kier alpha value is -5.24. The minimum atomic E-state index is -0.370. The van der Waals surface area contributed by atoms with Gasteiger partial charge in [0, 0.05) is 64.7 Å². The van der Waals surface area contributed by atoms with E-state index in [-0.39, 0.29) is 68.2 Å². The van der Waals surface area contributed by atoms with Gasteiger partial charge in [-0.1, -0.05) is 162 Å². The van der Waals surface area contributed by atoms with E-state index in [2.05, 4.69) is 149 Å². The molecule has 4 N–H and O–H groups in total. The van der Waals surface area contributed by atoms with Gasteiger partial charge in [-0.15, -0.1) is 0 Å². The van der Waals surface area contributed by atoms with Gasteiger partial charge in [-0.2, -0.15) is 0 Å². The SMILES string of the molecule is CC(C)(C)c1cc(C=N[C@H]2CCCC[C@@H]2N=Cc2cc(Cc3cc(C=N[C@H]4CCCC[C@@H]4N=Cc4cc(C(C)(C)C)cc(C(C)(C)C)c4O)cc(C(C)(C)C)c3O)c(O)c(C(C)(C)C)c2)c(O)c(C(C)(C)C)c1. The van der Waals surface area contributed by atoms with Crippen LogP contribution in [0, 0.1) is 0 Å². The Morgan fingerprint density at radius 3 is 0.904 bits per heavy atom. The van der Waals surface area contributed by atoms with Crippen molar-refractivity contribution in [2.45, 2.75) is 239 Å². The van der Waals surface area contributed by atoms with Gasteiger partial charge in [-0.3, -0.25) is 20.0 Å². The van der Waals surface area contributed by atoms with Crippen molar-refractivity contribution >= 4 is 24.9 Å². The van der Waals surface area contributed by atoms with Crippen LogP contribution < -0.4 is 0 Å². The van der Waals surface area contributed by atoms with Crippen molar-refractivity contribution in [2.75, 3.05) is 0 Å². The molecule has 2 aliphatic carbocycles. The summed E-state index contributed by atoms with van der Waals surface area (Å²) in [6.07, 6.45) is 15.9. The Labute approximate surface area is 440 Å². The predicted molar refractivity (Wildman–Crippen MR) is 310 cm³/mol. The van der Waals surface area contributed by atoms with Crippen molar-refractivity contribution in [1.82, 2.24) is 0 Å². The van der Waals surface area contributed by atoms with Crippen LogP contribution in [0.2, 0.25) is 0 Å². The van der Waals surface area contributed by atoms with Gasteiger partial charge >= 0.3 is 0 Å². The maximum absolute atomic E-state index is 12.0. The Bertz CT molecular complexity index is 2550. The average molecular weight is 993 g/mol. The van der Waals surface area contributed by atoms with Crippen LogP contribution in [-0.2, 0) is 38.9 Å². The number of phenols is 4. The van der Waals surface area contributed by atoms with E-state index in [4.69, 9.17) is 20.0 Å². The highest BCUT2D eigenvalue weighted by Gasteiger charge is 2.30. The maximum Gasteiger partial charge on any atom is 0.128 e. The van der Waals surface area contributed by atoms with Gasteiger partial charge in [0.05, 0.1) is 24.2 Å². The van der Waals surface area contributed by atoms with Gasteiger partial charge in [0.25, 0.3) is 0 Å². The van der Waals surface area contributed by atoms with Crippen molar-refractivity contribution in [3.63, 3.8) is 0 Å². The minimum absolute atomic E-state index is 0.0344. The summed E-state index contributed by atoms with van der Waals surface area (Å²) in [4.78, 5) is 20.7. The van der Waals surface area contributed by atoms with Crippen LogP contribution in [0.4, 0.5) is 0 Å². The molecule has 0 aliphatic heterocycles. The van der Waals surface area contributed by atoms with Crippen LogP contribution in [0.5, 0.6) is 23.0 Å². The van der Waals surface area contributed by atoms with Gasteiger partial charge in [0.2, 0.25) is 0 Å². The summed E-state index contributed by atoms with van der Waals surface area (Å²) in [6.45, 7) is 38.7. The Kier molecular flexibility index (Phi) is 16.8. The van der Waals surface area contributed by atoms with E-state index >= 15 is 0 Å². The van der Waals surface area contributed by atoms with Crippen LogP contribution in [0.3, 0.4) is 0 Å². The van der Waals surface area contributed by atoms with Crippen LogP contribution in [0.1, 0.15) is 243 Å². The van der Waals surface area contributed by atoms with Gasteiger partial charge in [-0.25, -0.2) is 0 Å². The molecule has 8 heteroatoms. The van der Waals surface area contributed by atoms with Crippen LogP contribution in [0.25, 0.3) is 0 Å². The number of benzene rings is 4. The lowest BCUT2D eigenvalue weighted by molar-refractivity contribution is 0.390. The summed E-state index contributed by atoms with van der Waals surface area (Å²) in [5.41, 5.74) is 9.14. The molecule has 0 amide bonds. The lowest BCUT2D eigenvalue weighted by Crippen LogP contribution is -2.27. The molecule has 8 nitrogen and oxygen atoms in total. The van der Waals surface area contributed by atoms with Crippen LogP contribution in [0.15, 0.2) is 68.5 Å². The van der Waals surface area contributed by atoms with Gasteiger partial charge in [0.1, 0.15) is 23.0 Å². The van der Waals surface area contributed by atoms with E-state index in [0.29, 0.717) is 17.9 Å². The first-order chi connectivity index (χ1) is 33.6. The normalized spacial score (nSPS) is 20.1. The third-order valence-corrected chi connectivity index (χ3v) is 15.1. The quantitative estimate of drug-likeness (QED) is 0.118. The fourth-order valence-corrected chi connectivity index (χ4v) is 10.3. The monoisotopic (exact) mass is 993 g/mol. The van der Waals surface area contributed by atoms with Crippen LogP contribution in [-0.4, -0.2) is 69.5 Å².